The van der Waals surface area contributed by atoms with Crippen molar-refractivity contribution in [2.75, 3.05) is 0 Å². The molecule has 4 rings (SSSR count). The van der Waals surface area contributed by atoms with Crippen molar-refractivity contribution in [3.05, 3.63) is 69.8 Å². The van der Waals surface area contributed by atoms with E-state index in [9.17, 15) is 10.1 Å². The first-order chi connectivity index (χ1) is 12.0. The van der Waals surface area contributed by atoms with E-state index in [1.807, 2.05) is 37.3 Å². The van der Waals surface area contributed by atoms with Crippen LogP contribution in [0, 0.1) is 24.0 Å². The first-order valence-electron chi connectivity index (χ1n) is 7.83. The van der Waals surface area contributed by atoms with Crippen molar-refractivity contribution in [1.82, 2.24) is 9.97 Å². The van der Waals surface area contributed by atoms with Gasteiger partial charge >= 0.3 is 0 Å². The smallest absolute Gasteiger partial charge is 0.273 e. The third-order valence-corrected chi connectivity index (χ3v) is 4.17. The molecule has 1 N–H and O–H groups in total. The summed E-state index contributed by atoms with van der Waals surface area (Å²) in [5, 5.41) is 11.1. The number of H-pyrrole nitrogens is 1. The van der Waals surface area contributed by atoms with Crippen LogP contribution in [0.3, 0.4) is 0 Å². The molecule has 2 heterocycles. The maximum absolute atomic E-state index is 11.1. The molecular formula is C19H15N3O3. The molecule has 6 nitrogen and oxygen atoms in total. The van der Waals surface area contributed by atoms with Crippen LogP contribution in [0.2, 0.25) is 0 Å². The number of hydrogen-bond acceptors (Lipinski definition) is 4. The minimum absolute atomic E-state index is 0.0784. The molecule has 6 heteroatoms. The summed E-state index contributed by atoms with van der Waals surface area (Å²) in [5.74, 6) is 1.79. The van der Waals surface area contributed by atoms with Gasteiger partial charge in [-0.15, -0.1) is 0 Å². The Bertz CT molecular complexity index is 1110. The van der Waals surface area contributed by atoms with E-state index < -0.39 is 0 Å². The molecule has 0 saturated carbocycles. The Balaban J connectivity index is 1.74. The maximum atomic E-state index is 11.1. The number of fused-ring (bicyclic) bond motifs is 1. The number of nitro benzene ring substituents is 1. The second-order valence-corrected chi connectivity index (χ2v) is 6.03. The van der Waals surface area contributed by atoms with Gasteiger partial charge in [-0.3, -0.25) is 10.1 Å². The van der Waals surface area contributed by atoms with Crippen molar-refractivity contribution in [3.63, 3.8) is 0 Å². The van der Waals surface area contributed by atoms with Gasteiger partial charge in [-0.25, -0.2) is 4.98 Å². The highest BCUT2D eigenvalue weighted by atomic mass is 16.6. The standard InChI is InChI=1S/C19H15N3O3/c1-11-3-6-14-15(9-11)21-19(20-14)18-8-7-17(25-18)13-5-4-12(2)16(10-13)22(23)24/h3-10H,1-2H3,(H,20,21). The average molecular weight is 333 g/mol. The van der Waals surface area contributed by atoms with Gasteiger partial charge < -0.3 is 9.40 Å². The Morgan fingerprint density at radius 1 is 1.04 bits per heavy atom. The fourth-order valence-electron chi connectivity index (χ4n) is 2.82. The van der Waals surface area contributed by atoms with Crippen LogP contribution in [-0.2, 0) is 0 Å². The number of aryl methyl sites for hydroxylation is 2. The largest absolute Gasteiger partial charge is 0.453 e. The molecule has 0 radical (unpaired) electrons. The van der Waals surface area contributed by atoms with Crippen LogP contribution in [0.15, 0.2) is 52.9 Å². The lowest BCUT2D eigenvalue weighted by Crippen LogP contribution is -1.91. The maximum Gasteiger partial charge on any atom is 0.273 e. The Morgan fingerprint density at radius 2 is 1.84 bits per heavy atom. The number of furan rings is 1. The minimum atomic E-state index is -0.385. The van der Waals surface area contributed by atoms with Gasteiger partial charge in [0.05, 0.1) is 16.0 Å². The van der Waals surface area contributed by atoms with E-state index in [4.69, 9.17) is 4.42 Å². The van der Waals surface area contributed by atoms with Crippen LogP contribution in [0.4, 0.5) is 5.69 Å². The summed E-state index contributed by atoms with van der Waals surface area (Å²) >= 11 is 0. The highest BCUT2D eigenvalue weighted by molar-refractivity contribution is 5.79. The van der Waals surface area contributed by atoms with Crippen LogP contribution >= 0.6 is 0 Å². The predicted octanol–water partition coefficient (Wildman–Crippen LogP) is 5.01. The van der Waals surface area contributed by atoms with Gasteiger partial charge in [0.25, 0.3) is 5.69 Å². The van der Waals surface area contributed by atoms with E-state index in [2.05, 4.69) is 9.97 Å². The van der Waals surface area contributed by atoms with Crippen LogP contribution in [0.5, 0.6) is 0 Å². The SMILES string of the molecule is Cc1ccc2nc(-c3ccc(-c4ccc(C)c([N+](=O)[O-])c4)o3)[nH]c2c1. The van der Waals surface area contributed by atoms with E-state index in [1.165, 1.54) is 6.07 Å². The molecule has 0 bridgehead atoms. The van der Waals surface area contributed by atoms with Gasteiger partial charge in [-0.2, -0.15) is 0 Å². The zero-order chi connectivity index (χ0) is 17.6. The van der Waals surface area contributed by atoms with Crippen LogP contribution in [-0.4, -0.2) is 14.9 Å². The van der Waals surface area contributed by atoms with Crippen molar-refractivity contribution in [1.29, 1.82) is 0 Å². The van der Waals surface area contributed by atoms with Crippen molar-refractivity contribution in [2.45, 2.75) is 13.8 Å². The van der Waals surface area contributed by atoms with Crippen molar-refractivity contribution < 1.29 is 9.34 Å². The fourth-order valence-corrected chi connectivity index (χ4v) is 2.82. The second kappa shape index (κ2) is 5.59. The third kappa shape index (κ3) is 2.67. The number of nitrogens with zero attached hydrogens (tertiary/aromatic N) is 2. The first kappa shape index (κ1) is 15.1. The summed E-state index contributed by atoms with van der Waals surface area (Å²) in [4.78, 5) is 18.5. The summed E-state index contributed by atoms with van der Waals surface area (Å²) in [6.45, 7) is 3.74. The molecule has 0 aliphatic heterocycles. The average Bonchev–Trinajstić information content (AvgIpc) is 3.21. The van der Waals surface area contributed by atoms with Gasteiger partial charge in [0.2, 0.25) is 0 Å². The van der Waals surface area contributed by atoms with Crippen molar-refractivity contribution in [2.24, 2.45) is 0 Å². The fraction of sp³-hybridized carbons (Fsp3) is 0.105. The van der Waals surface area contributed by atoms with Crippen molar-refractivity contribution in [3.8, 4) is 22.9 Å². The van der Waals surface area contributed by atoms with E-state index >= 15 is 0 Å². The zero-order valence-corrected chi connectivity index (χ0v) is 13.7. The summed E-state index contributed by atoms with van der Waals surface area (Å²) in [6.07, 6.45) is 0. The topological polar surface area (TPSA) is 85.0 Å². The van der Waals surface area contributed by atoms with Crippen molar-refractivity contribution >= 4 is 16.7 Å². The Kier molecular flexibility index (Phi) is 3.39. The summed E-state index contributed by atoms with van der Waals surface area (Å²) in [6, 6.07) is 14.7. The lowest BCUT2D eigenvalue weighted by molar-refractivity contribution is -0.385. The van der Waals surface area contributed by atoms with E-state index in [0.717, 1.165) is 16.6 Å². The lowest BCUT2D eigenvalue weighted by atomic mass is 10.1. The van der Waals surface area contributed by atoms with Gasteiger partial charge in [-0.1, -0.05) is 18.2 Å². The van der Waals surface area contributed by atoms with Crippen LogP contribution in [0.25, 0.3) is 33.9 Å². The molecule has 2 aromatic carbocycles. The number of nitro groups is 1. The number of hydrogen-bond donors (Lipinski definition) is 1. The summed E-state index contributed by atoms with van der Waals surface area (Å²) < 4.78 is 5.87. The monoisotopic (exact) mass is 333 g/mol. The molecule has 124 valence electrons. The second-order valence-electron chi connectivity index (χ2n) is 6.03. The number of imidazole rings is 1. The number of benzene rings is 2. The van der Waals surface area contributed by atoms with Crippen LogP contribution in [0.1, 0.15) is 11.1 Å². The Hall–Kier alpha value is -3.41. The zero-order valence-electron chi connectivity index (χ0n) is 13.7. The molecule has 0 aliphatic carbocycles. The third-order valence-electron chi connectivity index (χ3n) is 4.17. The van der Waals surface area contributed by atoms with E-state index in [1.54, 1.807) is 19.1 Å². The molecule has 0 amide bonds. The lowest BCUT2D eigenvalue weighted by Gasteiger charge is -2.00. The number of rotatable bonds is 3. The quantitative estimate of drug-likeness (QED) is 0.421. The van der Waals surface area contributed by atoms with Gasteiger partial charge in [-0.05, 0) is 43.7 Å². The minimum Gasteiger partial charge on any atom is -0.453 e. The van der Waals surface area contributed by atoms with E-state index in [0.29, 0.717) is 28.5 Å². The predicted molar refractivity (Wildman–Crippen MR) is 95.4 cm³/mol. The Labute approximate surface area is 143 Å². The van der Waals surface area contributed by atoms with Gasteiger partial charge in [0.15, 0.2) is 11.6 Å². The molecule has 0 saturated heterocycles. The normalized spacial score (nSPS) is 11.1. The number of aromatic amines is 1. The summed E-state index contributed by atoms with van der Waals surface area (Å²) in [5.41, 5.74) is 4.32. The molecular weight excluding hydrogens is 318 g/mol. The molecule has 0 unspecified atom stereocenters. The first-order valence-corrected chi connectivity index (χ1v) is 7.83. The molecule has 4 aromatic rings. The molecule has 0 atom stereocenters. The number of nitrogens with one attached hydrogen (secondary N) is 1. The van der Waals surface area contributed by atoms with Gasteiger partial charge in [0.1, 0.15) is 5.76 Å². The number of aromatic nitrogens is 2. The molecule has 0 fully saturated rings. The highest BCUT2D eigenvalue weighted by Crippen LogP contribution is 2.31. The molecule has 0 spiro atoms. The summed E-state index contributed by atoms with van der Waals surface area (Å²) in [7, 11) is 0. The molecule has 0 aliphatic rings. The molecule has 25 heavy (non-hydrogen) atoms. The van der Waals surface area contributed by atoms with E-state index in [-0.39, 0.29) is 10.6 Å². The Morgan fingerprint density at radius 3 is 2.64 bits per heavy atom. The highest BCUT2D eigenvalue weighted by Gasteiger charge is 2.15. The van der Waals surface area contributed by atoms with Gasteiger partial charge in [0, 0.05) is 17.2 Å². The molecule has 2 aromatic heterocycles. The van der Waals surface area contributed by atoms with Crippen LogP contribution < -0.4 is 0 Å².